The van der Waals surface area contributed by atoms with Gasteiger partial charge in [0.15, 0.2) is 0 Å². The van der Waals surface area contributed by atoms with Crippen molar-refractivity contribution in [3.63, 3.8) is 0 Å². The summed E-state index contributed by atoms with van der Waals surface area (Å²) >= 11 is 0. The Bertz CT molecular complexity index is 778. The number of hydrogen-bond acceptors (Lipinski definition) is 5. The predicted octanol–water partition coefficient (Wildman–Crippen LogP) is 3.76. The Labute approximate surface area is 154 Å². The summed E-state index contributed by atoms with van der Waals surface area (Å²) in [7, 11) is 0. The Kier molecular flexibility index (Phi) is 6.02. The van der Waals surface area contributed by atoms with Crippen LogP contribution in [0.2, 0.25) is 0 Å². The highest BCUT2D eigenvalue weighted by Crippen LogP contribution is 2.20. The molecule has 26 heavy (non-hydrogen) atoms. The fraction of sp³-hybridized carbons (Fsp3) is 0.333. The molecule has 2 aromatic rings. The van der Waals surface area contributed by atoms with Gasteiger partial charge in [0.25, 0.3) is 0 Å². The van der Waals surface area contributed by atoms with E-state index in [2.05, 4.69) is 35.0 Å². The maximum atomic E-state index is 11.7. The second-order valence-electron chi connectivity index (χ2n) is 6.17. The van der Waals surface area contributed by atoms with Crippen LogP contribution >= 0.6 is 0 Å². The van der Waals surface area contributed by atoms with E-state index < -0.39 is 0 Å². The number of hydrogen-bond donors (Lipinski definition) is 0. The van der Waals surface area contributed by atoms with Gasteiger partial charge in [-0.3, -0.25) is 4.99 Å². The fourth-order valence-corrected chi connectivity index (χ4v) is 2.87. The van der Waals surface area contributed by atoms with E-state index in [0.717, 1.165) is 37.6 Å². The Hall–Kier alpha value is -2.66. The zero-order valence-electron chi connectivity index (χ0n) is 15.3. The minimum absolute atomic E-state index is 0.308. The smallest absolute Gasteiger partial charge is 0.338 e. The molecule has 0 radical (unpaired) electrons. The Morgan fingerprint density at radius 3 is 2.58 bits per heavy atom. The van der Waals surface area contributed by atoms with E-state index >= 15 is 0 Å². The van der Waals surface area contributed by atoms with Crippen LogP contribution < -0.4 is 4.90 Å². The summed E-state index contributed by atoms with van der Waals surface area (Å²) in [6.45, 7) is 7.68. The van der Waals surface area contributed by atoms with Gasteiger partial charge in [0.2, 0.25) is 0 Å². The number of nitrogens with zero attached hydrogens (tertiary/aromatic N) is 2. The molecule has 1 aliphatic heterocycles. The first-order valence-corrected chi connectivity index (χ1v) is 8.92. The van der Waals surface area contributed by atoms with Gasteiger partial charge in [0.05, 0.1) is 31.1 Å². The largest absolute Gasteiger partial charge is 0.462 e. The molecule has 0 spiro atoms. The lowest BCUT2D eigenvalue weighted by Gasteiger charge is -2.29. The number of anilines is 1. The van der Waals surface area contributed by atoms with E-state index in [0.29, 0.717) is 12.2 Å². The lowest BCUT2D eigenvalue weighted by Crippen LogP contribution is -2.36. The maximum Gasteiger partial charge on any atom is 0.338 e. The molecule has 0 N–H and O–H groups in total. The van der Waals surface area contributed by atoms with Gasteiger partial charge in [-0.25, -0.2) is 4.79 Å². The first kappa shape index (κ1) is 18.1. The molecule has 1 saturated heterocycles. The Balaban J connectivity index is 1.69. The van der Waals surface area contributed by atoms with Crippen LogP contribution in [-0.4, -0.2) is 45.1 Å². The van der Waals surface area contributed by atoms with Crippen molar-refractivity contribution in [3.05, 3.63) is 59.2 Å². The average Bonchev–Trinajstić information content (AvgIpc) is 2.68. The fourth-order valence-electron chi connectivity index (χ4n) is 2.87. The molecule has 3 rings (SSSR count). The molecule has 2 aromatic carbocycles. The van der Waals surface area contributed by atoms with Crippen molar-refractivity contribution in [2.75, 3.05) is 37.8 Å². The second kappa shape index (κ2) is 8.63. The molecule has 0 amide bonds. The number of rotatable bonds is 5. The number of morpholine rings is 1. The molecule has 1 fully saturated rings. The summed E-state index contributed by atoms with van der Waals surface area (Å²) in [6.07, 6.45) is 1.86. The molecular formula is C21H24N2O3. The summed E-state index contributed by atoms with van der Waals surface area (Å²) < 4.78 is 10.4. The number of carbonyl (C=O) groups excluding carboxylic acids is 1. The van der Waals surface area contributed by atoms with Gasteiger partial charge in [-0.05, 0) is 61.4 Å². The topological polar surface area (TPSA) is 51.1 Å². The van der Waals surface area contributed by atoms with Gasteiger partial charge in [-0.15, -0.1) is 0 Å². The first-order valence-electron chi connectivity index (χ1n) is 8.92. The van der Waals surface area contributed by atoms with Gasteiger partial charge in [0, 0.05) is 25.0 Å². The van der Waals surface area contributed by atoms with Gasteiger partial charge >= 0.3 is 5.97 Å². The highest BCUT2D eigenvalue weighted by Gasteiger charge is 2.11. The van der Waals surface area contributed by atoms with E-state index in [1.165, 1.54) is 11.3 Å². The van der Waals surface area contributed by atoms with Crippen molar-refractivity contribution in [1.82, 2.24) is 0 Å². The lowest BCUT2D eigenvalue weighted by atomic mass is 10.1. The summed E-state index contributed by atoms with van der Waals surface area (Å²) in [4.78, 5) is 18.5. The third kappa shape index (κ3) is 4.49. The molecule has 5 nitrogen and oxygen atoms in total. The van der Waals surface area contributed by atoms with E-state index in [-0.39, 0.29) is 5.97 Å². The van der Waals surface area contributed by atoms with Gasteiger partial charge < -0.3 is 14.4 Å². The van der Waals surface area contributed by atoms with Gasteiger partial charge in [-0.1, -0.05) is 6.07 Å². The van der Waals surface area contributed by atoms with Crippen molar-refractivity contribution in [3.8, 4) is 0 Å². The van der Waals surface area contributed by atoms with Crippen LogP contribution in [0.3, 0.4) is 0 Å². The van der Waals surface area contributed by atoms with E-state index in [1.54, 1.807) is 19.1 Å². The van der Waals surface area contributed by atoms with Crippen molar-refractivity contribution in [1.29, 1.82) is 0 Å². The summed E-state index contributed by atoms with van der Waals surface area (Å²) in [5.74, 6) is -0.308. The minimum Gasteiger partial charge on any atom is -0.462 e. The van der Waals surface area contributed by atoms with Crippen LogP contribution in [0.4, 0.5) is 11.4 Å². The van der Waals surface area contributed by atoms with Crippen LogP contribution in [0.15, 0.2) is 47.5 Å². The van der Waals surface area contributed by atoms with Crippen molar-refractivity contribution in [2.45, 2.75) is 13.8 Å². The molecule has 0 bridgehead atoms. The molecule has 0 saturated carbocycles. The molecule has 136 valence electrons. The van der Waals surface area contributed by atoms with E-state index in [4.69, 9.17) is 9.47 Å². The lowest BCUT2D eigenvalue weighted by molar-refractivity contribution is 0.0526. The van der Waals surface area contributed by atoms with Crippen LogP contribution in [0.25, 0.3) is 0 Å². The number of ether oxygens (including phenoxy) is 2. The van der Waals surface area contributed by atoms with Crippen LogP contribution in [0.5, 0.6) is 0 Å². The zero-order valence-corrected chi connectivity index (χ0v) is 15.3. The number of benzene rings is 2. The molecule has 0 atom stereocenters. The number of aliphatic imine (C=N–C) groups is 1. The monoisotopic (exact) mass is 352 g/mol. The highest BCUT2D eigenvalue weighted by molar-refractivity contribution is 5.90. The number of aryl methyl sites for hydroxylation is 1. The third-order valence-corrected chi connectivity index (χ3v) is 4.36. The number of carbonyl (C=O) groups is 1. The summed E-state index contributed by atoms with van der Waals surface area (Å²) in [5.41, 5.74) is 4.82. The van der Waals surface area contributed by atoms with Crippen molar-refractivity contribution in [2.24, 2.45) is 4.99 Å². The maximum absolute atomic E-state index is 11.7. The van der Waals surface area contributed by atoms with Gasteiger partial charge in [-0.2, -0.15) is 0 Å². The van der Waals surface area contributed by atoms with Crippen molar-refractivity contribution < 1.29 is 14.3 Å². The first-order chi connectivity index (χ1) is 12.7. The third-order valence-electron chi connectivity index (χ3n) is 4.36. The summed E-state index contributed by atoms with van der Waals surface area (Å²) in [5, 5.41) is 0. The van der Waals surface area contributed by atoms with E-state index in [1.807, 2.05) is 18.3 Å². The van der Waals surface area contributed by atoms with Gasteiger partial charge in [0.1, 0.15) is 0 Å². The summed E-state index contributed by atoms with van der Waals surface area (Å²) in [6, 6.07) is 13.5. The quantitative estimate of drug-likeness (QED) is 0.607. The number of esters is 1. The molecule has 0 unspecified atom stereocenters. The molecule has 5 heteroatoms. The predicted molar refractivity (Wildman–Crippen MR) is 104 cm³/mol. The SMILES string of the molecule is CCOC(=O)c1ccc(N=Cc2ccc(N3CCOCC3)cc2C)cc1. The standard InChI is InChI=1S/C21H24N2O3/c1-3-26-21(24)17-4-7-19(8-5-17)22-15-18-6-9-20(14-16(18)2)23-10-12-25-13-11-23/h4-9,14-15H,3,10-13H2,1-2H3. The normalized spacial score (nSPS) is 14.6. The van der Waals surface area contributed by atoms with Crippen LogP contribution in [-0.2, 0) is 9.47 Å². The minimum atomic E-state index is -0.308. The molecule has 1 heterocycles. The molecule has 1 aliphatic rings. The Morgan fingerprint density at radius 2 is 1.92 bits per heavy atom. The van der Waals surface area contributed by atoms with Crippen LogP contribution in [0, 0.1) is 6.92 Å². The Morgan fingerprint density at radius 1 is 1.19 bits per heavy atom. The molecule has 0 aromatic heterocycles. The molecular weight excluding hydrogens is 328 g/mol. The molecule has 0 aliphatic carbocycles. The van der Waals surface area contributed by atoms with E-state index in [9.17, 15) is 4.79 Å². The second-order valence-corrected chi connectivity index (χ2v) is 6.17. The average molecular weight is 352 g/mol. The van der Waals surface area contributed by atoms with Crippen LogP contribution in [0.1, 0.15) is 28.4 Å². The van der Waals surface area contributed by atoms with Crippen molar-refractivity contribution >= 4 is 23.6 Å². The zero-order chi connectivity index (χ0) is 18.4. The highest BCUT2D eigenvalue weighted by atomic mass is 16.5.